The van der Waals surface area contributed by atoms with E-state index in [1.807, 2.05) is 0 Å². The van der Waals surface area contributed by atoms with Crippen LogP contribution in [0.5, 0.6) is 0 Å². The van der Waals surface area contributed by atoms with Gasteiger partial charge >= 0.3 is 5.97 Å². The van der Waals surface area contributed by atoms with E-state index in [2.05, 4.69) is 25.9 Å². The fraction of sp³-hybridized carbons (Fsp3) is 0. The van der Waals surface area contributed by atoms with Crippen LogP contribution in [0.4, 0.5) is 10.1 Å². The molecule has 0 aliphatic carbocycles. The number of aromatic carboxylic acids is 1. The second kappa shape index (κ2) is 5.45. The maximum Gasteiger partial charge on any atom is 0.335 e. The Morgan fingerprint density at radius 3 is 2.39 bits per heavy atom. The van der Waals surface area contributed by atoms with Crippen LogP contribution < -0.4 is 17.2 Å². The van der Waals surface area contributed by atoms with E-state index < -0.39 is 11.8 Å². The molecule has 1 aromatic carbocycles. The van der Waals surface area contributed by atoms with Gasteiger partial charge in [0.05, 0.1) is 5.56 Å². The van der Waals surface area contributed by atoms with Crippen molar-refractivity contribution in [2.24, 2.45) is 27.2 Å². The standard InChI is InChI=1S/C9H9BrFN5O2/c10-4-1-3(7(17)18)2-5(11)6(4)15-9(14)16-8(12)13/h1-2H,(H,17,18)(H6,12,13,14,15,16). The molecule has 0 atom stereocenters. The second-order valence-electron chi connectivity index (χ2n) is 3.10. The predicted octanol–water partition coefficient (Wildman–Crippen LogP) is 0.506. The lowest BCUT2D eigenvalue weighted by Crippen LogP contribution is -2.26. The molecule has 0 saturated heterocycles. The third-order valence-corrected chi connectivity index (χ3v) is 2.34. The summed E-state index contributed by atoms with van der Waals surface area (Å²) in [5.41, 5.74) is 15.1. The number of hydrogen-bond donors (Lipinski definition) is 4. The molecule has 0 radical (unpaired) electrons. The van der Waals surface area contributed by atoms with Crippen molar-refractivity contribution in [3.05, 3.63) is 28.0 Å². The van der Waals surface area contributed by atoms with E-state index in [9.17, 15) is 9.18 Å². The summed E-state index contributed by atoms with van der Waals surface area (Å²) < 4.78 is 13.7. The number of hydrogen-bond acceptors (Lipinski definition) is 2. The minimum atomic E-state index is -1.26. The molecule has 0 aromatic heterocycles. The molecule has 0 saturated carbocycles. The highest BCUT2D eigenvalue weighted by Crippen LogP contribution is 2.30. The van der Waals surface area contributed by atoms with Crippen LogP contribution in [0.15, 0.2) is 26.6 Å². The molecule has 1 aromatic rings. The fourth-order valence-corrected chi connectivity index (χ4v) is 1.59. The summed E-state index contributed by atoms with van der Waals surface area (Å²) in [5.74, 6) is -2.80. The van der Waals surface area contributed by atoms with Gasteiger partial charge in [-0.25, -0.2) is 14.2 Å². The van der Waals surface area contributed by atoms with E-state index in [1.54, 1.807) is 0 Å². The average Bonchev–Trinajstić information content (AvgIpc) is 2.21. The largest absolute Gasteiger partial charge is 0.478 e. The number of aliphatic imine (C=N–C) groups is 2. The van der Waals surface area contributed by atoms with Crippen molar-refractivity contribution in [2.45, 2.75) is 0 Å². The molecule has 96 valence electrons. The fourth-order valence-electron chi connectivity index (χ4n) is 1.07. The molecule has 0 bridgehead atoms. The molecule has 9 heteroatoms. The van der Waals surface area contributed by atoms with Crippen LogP contribution in [-0.2, 0) is 0 Å². The van der Waals surface area contributed by atoms with Gasteiger partial charge in [-0.1, -0.05) is 0 Å². The number of carboxylic acid groups (broad SMARTS) is 1. The molecule has 0 aliphatic rings. The Kier molecular flexibility index (Phi) is 4.21. The van der Waals surface area contributed by atoms with E-state index in [1.165, 1.54) is 6.07 Å². The second-order valence-corrected chi connectivity index (χ2v) is 3.95. The third kappa shape index (κ3) is 3.42. The van der Waals surface area contributed by atoms with Gasteiger partial charge in [-0.05, 0) is 28.1 Å². The first-order chi connectivity index (χ1) is 8.31. The van der Waals surface area contributed by atoms with Gasteiger partial charge in [-0.15, -0.1) is 0 Å². The predicted molar refractivity (Wildman–Crippen MR) is 68.2 cm³/mol. The minimum absolute atomic E-state index is 0.119. The smallest absolute Gasteiger partial charge is 0.335 e. The Bertz CT molecular complexity index is 531. The quantitative estimate of drug-likeness (QED) is 0.464. The van der Waals surface area contributed by atoms with Crippen molar-refractivity contribution in [2.75, 3.05) is 0 Å². The molecule has 0 heterocycles. The summed E-state index contributed by atoms with van der Waals surface area (Å²) in [6.07, 6.45) is 0. The number of guanidine groups is 2. The van der Waals surface area contributed by atoms with Crippen LogP contribution in [0.25, 0.3) is 0 Å². The van der Waals surface area contributed by atoms with E-state index in [0.717, 1.165) is 6.07 Å². The van der Waals surface area contributed by atoms with Gasteiger partial charge in [0.15, 0.2) is 11.8 Å². The number of benzene rings is 1. The first kappa shape index (κ1) is 13.9. The normalized spacial score (nSPS) is 11.1. The molecule has 0 aliphatic heterocycles. The van der Waals surface area contributed by atoms with Gasteiger partial charge in [0.2, 0.25) is 5.96 Å². The van der Waals surface area contributed by atoms with Crippen molar-refractivity contribution in [3.63, 3.8) is 0 Å². The molecule has 0 spiro atoms. The number of carbonyl (C=O) groups is 1. The summed E-state index contributed by atoms with van der Waals surface area (Å²) in [6.45, 7) is 0. The molecule has 0 unspecified atom stereocenters. The van der Waals surface area contributed by atoms with Crippen LogP contribution in [0.1, 0.15) is 10.4 Å². The minimum Gasteiger partial charge on any atom is -0.478 e. The maximum atomic E-state index is 13.6. The van der Waals surface area contributed by atoms with Crippen molar-refractivity contribution in [1.29, 1.82) is 0 Å². The Labute approximate surface area is 109 Å². The Balaban J connectivity index is 3.27. The molecule has 18 heavy (non-hydrogen) atoms. The van der Waals surface area contributed by atoms with Crippen molar-refractivity contribution >= 4 is 39.5 Å². The summed E-state index contributed by atoms with van der Waals surface area (Å²) in [4.78, 5) is 17.7. The summed E-state index contributed by atoms with van der Waals surface area (Å²) in [5, 5.41) is 8.72. The number of carboxylic acids is 1. The van der Waals surface area contributed by atoms with E-state index in [-0.39, 0.29) is 27.6 Å². The highest BCUT2D eigenvalue weighted by molar-refractivity contribution is 9.10. The first-order valence-corrected chi connectivity index (χ1v) is 5.26. The van der Waals surface area contributed by atoms with Crippen LogP contribution >= 0.6 is 15.9 Å². The molecule has 7 N–H and O–H groups in total. The van der Waals surface area contributed by atoms with E-state index >= 15 is 0 Å². The Hall–Kier alpha value is -2.16. The lowest BCUT2D eigenvalue weighted by molar-refractivity contribution is 0.0696. The summed E-state index contributed by atoms with van der Waals surface area (Å²) >= 11 is 2.98. The first-order valence-electron chi connectivity index (χ1n) is 4.47. The van der Waals surface area contributed by atoms with E-state index in [4.69, 9.17) is 22.3 Å². The highest BCUT2D eigenvalue weighted by atomic mass is 79.9. The molecular formula is C9H9BrFN5O2. The van der Waals surface area contributed by atoms with Crippen LogP contribution in [0, 0.1) is 5.82 Å². The number of rotatable bonds is 2. The Morgan fingerprint density at radius 1 is 1.33 bits per heavy atom. The van der Waals surface area contributed by atoms with Crippen molar-refractivity contribution < 1.29 is 14.3 Å². The zero-order valence-corrected chi connectivity index (χ0v) is 10.5. The van der Waals surface area contributed by atoms with Crippen molar-refractivity contribution in [1.82, 2.24) is 0 Å². The van der Waals surface area contributed by atoms with Gasteiger partial charge in [0, 0.05) is 4.47 Å². The lowest BCUT2D eigenvalue weighted by Gasteiger charge is -2.03. The highest BCUT2D eigenvalue weighted by Gasteiger charge is 2.13. The van der Waals surface area contributed by atoms with Gasteiger partial charge in [0.1, 0.15) is 5.69 Å². The lowest BCUT2D eigenvalue weighted by atomic mass is 10.2. The number of nitrogens with zero attached hydrogens (tertiary/aromatic N) is 2. The summed E-state index contributed by atoms with van der Waals surface area (Å²) in [6, 6.07) is 2.00. The Morgan fingerprint density at radius 2 is 1.94 bits per heavy atom. The van der Waals surface area contributed by atoms with E-state index in [0.29, 0.717) is 0 Å². The molecule has 7 nitrogen and oxygen atoms in total. The van der Waals surface area contributed by atoms with Gasteiger partial charge in [-0.2, -0.15) is 4.99 Å². The molecular weight excluding hydrogens is 309 g/mol. The number of halogens is 2. The van der Waals surface area contributed by atoms with Crippen LogP contribution in [0.2, 0.25) is 0 Å². The molecule has 0 amide bonds. The zero-order valence-electron chi connectivity index (χ0n) is 8.89. The van der Waals surface area contributed by atoms with Gasteiger partial charge < -0.3 is 22.3 Å². The van der Waals surface area contributed by atoms with Gasteiger partial charge in [-0.3, -0.25) is 0 Å². The zero-order chi connectivity index (χ0) is 13.9. The third-order valence-electron chi connectivity index (χ3n) is 1.73. The monoisotopic (exact) mass is 317 g/mol. The SMILES string of the molecule is NC(N)=NC(N)=Nc1c(F)cc(C(=O)O)cc1Br. The summed E-state index contributed by atoms with van der Waals surface area (Å²) in [7, 11) is 0. The average molecular weight is 318 g/mol. The molecule has 1 rings (SSSR count). The van der Waals surface area contributed by atoms with Crippen molar-refractivity contribution in [3.8, 4) is 0 Å². The number of nitrogens with two attached hydrogens (primary N) is 3. The maximum absolute atomic E-state index is 13.6. The van der Waals surface area contributed by atoms with Crippen LogP contribution in [0.3, 0.4) is 0 Å². The van der Waals surface area contributed by atoms with Gasteiger partial charge in [0.25, 0.3) is 0 Å². The molecule has 0 fully saturated rings. The topological polar surface area (TPSA) is 140 Å². The van der Waals surface area contributed by atoms with Crippen LogP contribution in [-0.4, -0.2) is 23.0 Å².